The summed E-state index contributed by atoms with van der Waals surface area (Å²) in [5, 5.41) is 10.6. The van der Waals surface area contributed by atoms with Crippen molar-refractivity contribution >= 4 is 23.5 Å². The smallest absolute Gasteiger partial charge is 0.313 e. The van der Waals surface area contributed by atoms with Gasteiger partial charge < -0.3 is 10.0 Å². The number of hydrogen-bond acceptors (Lipinski definition) is 2. The van der Waals surface area contributed by atoms with E-state index >= 15 is 0 Å². The fourth-order valence-electron chi connectivity index (χ4n) is 4.42. The Hall–Kier alpha value is -2.33. The van der Waals surface area contributed by atoms with E-state index in [1.54, 1.807) is 36.4 Å². The van der Waals surface area contributed by atoms with E-state index in [9.17, 15) is 14.7 Å². The van der Waals surface area contributed by atoms with Gasteiger partial charge in [-0.3, -0.25) is 9.59 Å². The van der Waals surface area contributed by atoms with Crippen molar-refractivity contribution in [2.45, 2.75) is 43.7 Å². The van der Waals surface area contributed by atoms with Gasteiger partial charge in [0.05, 0.1) is 6.04 Å². The summed E-state index contributed by atoms with van der Waals surface area (Å²) >= 11 is 6.03. The molecular formula is C21H20ClNO3. The van der Waals surface area contributed by atoms with E-state index in [0.29, 0.717) is 16.1 Å². The summed E-state index contributed by atoms with van der Waals surface area (Å²) in [6.45, 7) is 0. The number of carbonyl (C=O) groups is 2. The Bertz CT molecular complexity index is 843. The average molecular weight is 370 g/mol. The number of rotatable bonds is 3. The lowest BCUT2D eigenvalue weighted by Gasteiger charge is -2.44. The third-order valence-corrected chi connectivity index (χ3v) is 5.82. The van der Waals surface area contributed by atoms with Crippen molar-refractivity contribution in [3.05, 3.63) is 70.2 Å². The predicted molar refractivity (Wildman–Crippen MR) is 99.4 cm³/mol. The Labute approximate surface area is 157 Å². The second-order valence-corrected chi connectivity index (χ2v) is 7.49. The molecule has 1 saturated carbocycles. The summed E-state index contributed by atoms with van der Waals surface area (Å²) < 4.78 is 0. The molecule has 2 atom stereocenters. The molecule has 2 aromatic carbocycles. The van der Waals surface area contributed by atoms with Crippen LogP contribution in [0.4, 0.5) is 0 Å². The van der Waals surface area contributed by atoms with Crippen LogP contribution in [0.1, 0.15) is 59.1 Å². The molecule has 1 aliphatic carbocycles. The summed E-state index contributed by atoms with van der Waals surface area (Å²) in [4.78, 5) is 27.4. The van der Waals surface area contributed by atoms with E-state index in [1.165, 1.54) is 0 Å². The normalized spacial score (nSPS) is 23.1. The van der Waals surface area contributed by atoms with Crippen LogP contribution in [-0.4, -0.2) is 27.9 Å². The number of carboxylic acid groups (broad SMARTS) is 1. The molecule has 1 heterocycles. The monoisotopic (exact) mass is 369 g/mol. The van der Waals surface area contributed by atoms with Crippen LogP contribution in [0.3, 0.4) is 0 Å². The highest BCUT2D eigenvalue weighted by molar-refractivity contribution is 6.30. The van der Waals surface area contributed by atoms with Crippen LogP contribution in [0.15, 0.2) is 48.5 Å². The Morgan fingerprint density at radius 3 is 2.35 bits per heavy atom. The van der Waals surface area contributed by atoms with Crippen LogP contribution in [-0.2, 0) is 4.79 Å². The number of halogens is 1. The third-order valence-electron chi connectivity index (χ3n) is 5.57. The molecule has 2 aliphatic rings. The highest BCUT2D eigenvalue weighted by Gasteiger charge is 2.46. The van der Waals surface area contributed by atoms with Crippen molar-refractivity contribution in [3.8, 4) is 0 Å². The van der Waals surface area contributed by atoms with E-state index in [2.05, 4.69) is 0 Å². The number of nitrogens with zero attached hydrogens (tertiary/aromatic N) is 1. The number of hydrogen-bond donors (Lipinski definition) is 1. The summed E-state index contributed by atoms with van der Waals surface area (Å²) in [6, 6.07) is 13.9. The van der Waals surface area contributed by atoms with Crippen molar-refractivity contribution in [1.29, 1.82) is 0 Å². The van der Waals surface area contributed by atoms with Crippen LogP contribution < -0.4 is 0 Å². The second-order valence-electron chi connectivity index (χ2n) is 7.05. The van der Waals surface area contributed by atoms with Crippen LogP contribution in [0, 0.1) is 0 Å². The zero-order chi connectivity index (χ0) is 18.3. The van der Waals surface area contributed by atoms with Crippen LogP contribution in [0.2, 0.25) is 5.02 Å². The van der Waals surface area contributed by atoms with Gasteiger partial charge in [-0.1, -0.05) is 54.8 Å². The van der Waals surface area contributed by atoms with Gasteiger partial charge in [-0.2, -0.15) is 0 Å². The molecule has 0 radical (unpaired) electrons. The molecule has 0 spiro atoms. The zero-order valence-corrected chi connectivity index (χ0v) is 15.0. The van der Waals surface area contributed by atoms with Crippen LogP contribution >= 0.6 is 11.6 Å². The van der Waals surface area contributed by atoms with Crippen molar-refractivity contribution in [1.82, 2.24) is 4.90 Å². The minimum Gasteiger partial charge on any atom is -0.481 e. The highest BCUT2D eigenvalue weighted by Crippen LogP contribution is 2.46. The van der Waals surface area contributed by atoms with Gasteiger partial charge in [-0.05, 0) is 42.2 Å². The van der Waals surface area contributed by atoms with E-state index < -0.39 is 17.9 Å². The SMILES string of the molecule is O=C(O)[C@H]1c2ccccc2C(=O)N(C2CCCC2)[C@H]1c1ccc(Cl)cc1. The average Bonchev–Trinajstić information content (AvgIpc) is 3.16. The summed E-state index contributed by atoms with van der Waals surface area (Å²) in [5.41, 5.74) is 1.92. The topological polar surface area (TPSA) is 57.6 Å². The molecule has 0 aromatic heterocycles. The maximum absolute atomic E-state index is 13.3. The van der Waals surface area contributed by atoms with Gasteiger partial charge in [0.1, 0.15) is 5.92 Å². The van der Waals surface area contributed by atoms with Crippen LogP contribution in [0.25, 0.3) is 0 Å². The lowest BCUT2D eigenvalue weighted by atomic mass is 9.79. The Balaban J connectivity index is 1.91. The largest absolute Gasteiger partial charge is 0.481 e. The number of carbonyl (C=O) groups excluding carboxylic acids is 1. The lowest BCUT2D eigenvalue weighted by Crippen LogP contribution is -2.49. The molecule has 1 aliphatic heterocycles. The van der Waals surface area contributed by atoms with Crippen molar-refractivity contribution in [2.24, 2.45) is 0 Å². The molecule has 2 aromatic rings. The second kappa shape index (κ2) is 6.76. The molecular weight excluding hydrogens is 350 g/mol. The lowest BCUT2D eigenvalue weighted by molar-refractivity contribution is -0.140. The molecule has 0 bridgehead atoms. The van der Waals surface area contributed by atoms with Gasteiger partial charge in [0, 0.05) is 16.6 Å². The molecule has 4 nitrogen and oxygen atoms in total. The minimum absolute atomic E-state index is 0.0649. The fourth-order valence-corrected chi connectivity index (χ4v) is 4.54. The molecule has 26 heavy (non-hydrogen) atoms. The van der Waals surface area contributed by atoms with Gasteiger partial charge in [0.2, 0.25) is 0 Å². The molecule has 0 saturated heterocycles. The first-order valence-corrected chi connectivity index (χ1v) is 9.35. The quantitative estimate of drug-likeness (QED) is 0.856. The number of carboxylic acids is 1. The molecule has 5 heteroatoms. The van der Waals surface area contributed by atoms with E-state index in [1.807, 2.05) is 17.0 Å². The third kappa shape index (κ3) is 2.78. The Kier molecular flexibility index (Phi) is 4.45. The van der Waals surface area contributed by atoms with Gasteiger partial charge in [0.25, 0.3) is 5.91 Å². The van der Waals surface area contributed by atoms with Gasteiger partial charge in [-0.25, -0.2) is 0 Å². The van der Waals surface area contributed by atoms with Gasteiger partial charge in [0.15, 0.2) is 0 Å². The maximum atomic E-state index is 13.3. The maximum Gasteiger partial charge on any atom is 0.313 e. The Morgan fingerprint density at radius 1 is 1.04 bits per heavy atom. The number of fused-ring (bicyclic) bond motifs is 1. The molecule has 1 N–H and O–H groups in total. The van der Waals surface area contributed by atoms with E-state index in [-0.39, 0.29) is 11.9 Å². The number of amides is 1. The predicted octanol–water partition coefficient (Wildman–Crippen LogP) is 4.65. The molecule has 1 fully saturated rings. The number of benzene rings is 2. The first-order chi connectivity index (χ1) is 12.6. The van der Waals surface area contributed by atoms with E-state index in [0.717, 1.165) is 31.2 Å². The van der Waals surface area contributed by atoms with Crippen molar-refractivity contribution in [3.63, 3.8) is 0 Å². The van der Waals surface area contributed by atoms with E-state index in [4.69, 9.17) is 11.6 Å². The van der Waals surface area contributed by atoms with Crippen molar-refractivity contribution in [2.75, 3.05) is 0 Å². The zero-order valence-electron chi connectivity index (χ0n) is 14.3. The fraction of sp³-hybridized carbons (Fsp3) is 0.333. The number of aliphatic carboxylic acids is 1. The minimum atomic E-state index is -0.909. The summed E-state index contributed by atoms with van der Waals surface area (Å²) in [6.07, 6.45) is 3.98. The summed E-state index contributed by atoms with van der Waals surface area (Å²) in [5.74, 6) is -1.76. The van der Waals surface area contributed by atoms with Gasteiger partial charge >= 0.3 is 5.97 Å². The molecule has 1 amide bonds. The highest BCUT2D eigenvalue weighted by atomic mass is 35.5. The van der Waals surface area contributed by atoms with Gasteiger partial charge in [-0.15, -0.1) is 0 Å². The first kappa shape index (κ1) is 17.1. The summed E-state index contributed by atoms with van der Waals surface area (Å²) in [7, 11) is 0. The molecule has 134 valence electrons. The van der Waals surface area contributed by atoms with Crippen LogP contribution in [0.5, 0.6) is 0 Å². The molecule has 4 rings (SSSR count). The van der Waals surface area contributed by atoms with Crippen molar-refractivity contribution < 1.29 is 14.7 Å². The first-order valence-electron chi connectivity index (χ1n) is 8.98. The standard InChI is InChI=1S/C21H20ClNO3/c22-14-11-9-13(10-12-14)19-18(21(25)26)16-7-3-4-8-17(16)20(24)23(19)15-5-1-2-6-15/h3-4,7-12,15,18-19H,1-2,5-6H2,(H,25,26)/t18-,19-/m0/s1. The molecule has 0 unspecified atom stereocenters. The Morgan fingerprint density at radius 2 is 1.69 bits per heavy atom.